The minimum Gasteiger partial charge on any atom is -0.368 e. The van der Waals surface area contributed by atoms with Crippen LogP contribution < -0.4 is 21.9 Å². The molecule has 2 aromatic rings. The van der Waals surface area contributed by atoms with Gasteiger partial charge < -0.3 is 11.1 Å². The van der Waals surface area contributed by atoms with Gasteiger partial charge >= 0.3 is 0 Å². The Morgan fingerprint density at radius 3 is 2.60 bits per heavy atom. The lowest BCUT2D eigenvalue weighted by molar-refractivity contribution is -0.120. The lowest BCUT2D eigenvalue weighted by Gasteiger charge is -2.22. The quantitative estimate of drug-likeness (QED) is 0.611. The maximum absolute atomic E-state index is 13.1. The highest BCUT2D eigenvalue weighted by molar-refractivity contribution is 5.80. The summed E-state index contributed by atoms with van der Waals surface area (Å²) in [6, 6.07) is 15.9. The first-order valence-electron chi connectivity index (χ1n) is 8.44. The van der Waals surface area contributed by atoms with Crippen molar-refractivity contribution in [3.8, 4) is 0 Å². The number of nitrogens with two attached hydrogens (primary N) is 1. The average molecular weight is 342 g/mol. The summed E-state index contributed by atoms with van der Waals surface area (Å²) < 4.78 is 13.1. The molecule has 2 unspecified atom stereocenters. The van der Waals surface area contributed by atoms with E-state index in [1.54, 1.807) is 12.1 Å². The molecule has 2 aromatic carbocycles. The Kier molecular flexibility index (Phi) is 5.75. The Labute approximate surface area is 146 Å². The van der Waals surface area contributed by atoms with Crippen LogP contribution >= 0.6 is 0 Å². The van der Waals surface area contributed by atoms with Gasteiger partial charge in [0.15, 0.2) is 0 Å². The molecular weight excluding hydrogens is 319 g/mol. The van der Waals surface area contributed by atoms with Crippen LogP contribution in [0.3, 0.4) is 0 Å². The number of carbonyl (C=O) groups is 1. The predicted octanol–water partition coefficient (Wildman–Crippen LogP) is 1.28. The Morgan fingerprint density at radius 2 is 1.92 bits per heavy atom. The summed E-state index contributed by atoms with van der Waals surface area (Å²) in [4.78, 5) is 11.8. The molecule has 5 nitrogen and oxygen atoms in total. The normalized spacial score (nSPS) is 21.2. The van der Waals surface area contributed by atoms with Crippen molar-refractivity contribution >= 4 is 5.91 Å². The second-order valence-corrected chi connectivity index (χ2v) is 6.37. The van der Waals surface area contributed by atoms with E-state index >= 15 is 0 Å². The molecule has 132 valence electrons. The van der Waals surface area contributed by atoms with Gasteiger partial charge in [0, 0.05) is 19.0 Å². The van der Waals surface area contributed by atoms with E-state index in [-0.39, 0.29) is 23.7 Å². The molecule has 1 aliphatic heterocycles. The molecule has 25 heavy (non-hydrogen) atoms. The van der Waals surface area contributed by atoms with E-state index in [0.29, 0.717) is 13.0 Å². The van der Waals surface area contributed by atoms with Crippen LogP contribution in [0.5, 0.6) is 0 Å². The third kappa shape index (κ3) is 4.63. The third-order valence-electron chi connectivity index (χ3n) is 4.57. The minimum absolute atomic E-state index is 0.0540. The summed E-state index contributed by atoms with van der Waals surface area (Å²) >= 11 is 0. The molecule has 1 amide bonds. The monoisotopic (exact) mass is 342 g/mol. The number of hydrazine groups is 1. The molecule has 0 aromatic heterocycles. The molecule has 1 heterocycles. The van der Waals surface area contributed by atoms with E-state index in [4.69, 9.17) is 5.73 Å². The molecule has 0 saturated carbocycles. The maximum Gasteiger partial charge on any atom is 0.234 e. The molecular formula is C19H23FN4O. The summed E-state index contributed by atoms with van der Waals surface area (Å²) in [5, 5.41) is 3.29. The van der Waals surface area contributed by atoms with Gasteiger partial charge in [0.05, 0.1) is 12.1 Å². The van der Waals surface area contributed by atoms with Crippen molar-refractivity contribution in [2.45, 2.75) is 18.5 Å². The van der Waals surface area contributed by atoms with Crippen LogP contribution in [0.25, 0.3) is 0 Å². The van der Waals surface area contributed by atoms with E-state index in [1.165, 1.54) is 12.1 Å². The number of rotatable bonds is 7. The van der Waals surface area contributed by atoms with Crippen LogP contribution in [-0.4, -0.2) is 25.0 Å². The van der Waals surface area contributed by atoms with Gasteiger partial charge in [-0.05, 0) is 29.7 Å². The third-order valence-corrected chi connectivity index (χ3v) is 4.57. The Balaban J connectivity index is 1.61. The minimum atomic E-state index is -0.420. The summed E-state index contributed by atoms with van der Waals surface area (Å²) in [5.74, 6) is -0.384. The first-order valence-corrected chi connectivity index (χ1v) is 8.44. The molecule has 3 rings (SSSR count). The fourth-order valence-electron chi connectivity index (χ4n) is 3.17. The second-order valence-electron chi connectivity index (χ2n) is 6.37. The number of hydrogen-bond donors (Lipinski definition) is 4. The first kappa shape index (κ1) is 17.5. The molecule has 1 aliphatic rings. The highest BCUT2D eigenvalue weighted by Crippen LogP contribution is 2.24. The molecule has 0 radical (unpaired) electrons. The average Bonchev–Trinajstić information content (AvgIpc) is 3.08. The zero-order valence-corrected chi connectivity index (χ0v) is 13.9. The van der Waals surface area contributed by atoms with Crippen LogP contribution in [0, 0.1) is 11.7 Å². The molecule has 1 fully saturated rings. The summed E-state index contributed by atoms with van der Waals surface area (Å²) in [6.45, 7) is 1.38. The van der Waals surface area contributed by atoms with E-state index in [1.807, 2.05) is 30.3 Å². The van der Waals surface area contributed by atoms with E-state index < -0.39 is 6.04 Å². The Hall–Kier alpha value is -2.28. The van der Waals surface area contributed by atoms with Crippen LogP contribution in [0.4, 0.5) is 4.39 Å². The smallest absolute Gasteiger partial charge is 0.234 e. The fraction of sp³-hybridized carbons (Fsp3) is 0.316. The lowest BCUT2D eigenvalue weighted by Crippen LogP contribution is -2.45. The molecule has 0 aliphatic carbocycles. The van der Waals surface area contributed by atoms with E-state index in [2.05, 4.69) is 16.2 Å². The zero-order valence-electron chi connectivity index (χ0n) is 13.9. The fourth-order valence-corrected chi connectivity index (χ4v) is 3.17. The highest BCUT2D eigenvalue weighted by atomic mass is 19.1. The van der Waals surface area contributed by atoms with Crippen LogP contribution in [0.1, 0.15) is 17.2 Å². The largest absolute Gasteiger partial charge is 0.368 e. The number of nitrogens with one attached hydrogen (secondary N) is 3. The van der Waals surface area contributed by atoms with Crippen molar-refractivity contribution in [1.29, 1.82) is 0 Å². The molecule has 5 N–H and O–H groups in total. The second kappa shape index (κ2) is 8.20. The van der Waals surface area contributed by atoms with Gasteiger partial charge in [0.25, 0.3) is 0 Å². The predicted molar refractivity (Wildman–Crippen MR) is 94.9 cm³/mol. The highest BCUT2D eigenvalue weighted by Gasteiger charge is 2.29. The number of hydrogen-bond acceptors (Lipinski definition) is 4. The van der Waals surface area contributed by atoms with E-state index in [0.717, 1.165) is 17.7 Å². The van der Waals surface area contributed by atoms with Gasteiger partial charge in [-0.15, -0.1) is 0 Å². The molecule has 0 spiro atoms. The SMILES string of the molecule is NC(=O)[C@H](Cc1ccccc1)NCC1CNNC1c1ccc(F)cc1. The molecule has 0 bridgehead atoms. The Morgan fingerprint density at radius 1 is 1.20 bits per heavy atom. The summed E-state index contributed by atoms with van der Waals surface area (Å²) in [7, 11) is 0. The summed E-state index contributed by atoms with van der Waals surface area (Å²) in [5.41, 5.74) is 14.0. The Bertz CT molecular complexity index is 692. The number of benzene rings is 2. The van der Waals surface area contributed by atoms with Crippen molar-refractivity contribution < 1.29 is 9.18 Å². The van der Waals surface area contributed by atoms with Crippen LogP contribution in [0.15, 0.2) is 54.6 Å². The first-order chi connectivity index (χ1) is 12.1. The van der Waals surface area contributed by atoms with Crippen molar-refractivity contribution in [3.63, 3.8) is 0 Å². The van der Waals surface area contributed by atoms with Gasteiger partial charge in [0.2, 0.25) is 5.91 Å². The number of amides is 1. The topological polar surface area (TPSA) is 79.2 Å². The van der Waals surface area contributed by atoms with Crippen molar-refractivity contribution in [3.05, 3.63) is 71.5 Å². The number of carbonyl (C=O) groups excluding carboxylic acids is 1. The maximum atomic E-state index is 13.1. The van der Waals surface area contributed by atoms with Gasteiger partial charge in [-0.2, -0.15) is 0 Å². The van der Waals surface area contributed by atoms with Gasteiger partial charge in [-0.3, -0.25) is 10.2 Å². The van der Waals surface area contributed by atoms with Crippen molar-refractivity contribution in [2.24, 2.45) is 11.7 Å². The number of halogens is 1. The molecule has 6 heteroatoms. The van der Waals surface area contributed by atoms with Crippen molar-refractivity contribution in [2.75, 3.05) is 13.1 Å². The van der Waals surface area contributed by atoms with Crippen molar-refractivity contribution in [1.82, 2.24) is 16.2 Å². The van der Waals surface area contributed by atoms with Gasteiger partial charge in [0.1, 0.15) is 5.82 Å². The standard InChI is InChI=1S/C19H23FN4O/c20-16-8-6-14(7-9-16)18-15(12-23-24-18)11-22-17(19(21)25)10-13-4-2-1-3-5-13/h1-9,15,17-18,22-24H,10-12H2,(H2,21,25)/t15?,17-,18?/m0/s1. The van der Waals surface area contributed by atoms with Crippen LogP contribution in [0.2, 0.25) is 0 Å². The van der Waals surface area contributed by atoms with Crippen LogP contribution in [-0.2, 0) is 11.2 Å². The molecule has 3 atom stereocenters. The molecule has 1 saturated heterocycles. The lowest BCUT2D eigenvalue weighted by atomic mass is 9.94. The zero-order chi connectivity index (χ0) is 17.6. The van der Waals surface area contributed by atoms with Gasteiger partial charge in [-0.1, -0.05) is 42.5 Å². The van der Waals surface area contributed by atoms with Gasteiger partial charge in [-0.25, -0.2) is 9.82 Å². The van der Waals surface area contributed by atoms with E-state index in [9.17, 15) is 9.18 Å². The number of primary amides is 1. The summed E-state index contributed by atoms with van der Waals surface area (Å²) in [6.07, 6.45) is 0.560.